The molecule has 3 aromatic rings. The highest BCUT2D eigenvalue weighted by atomic mass is 16.6. The Labute approximate surface area is 208 Å². The molecule has 2 atom stereocenters. The standard InChI is InChI=1S/C27H28N2O7/c1-35-26(33)24(17-19-8-4-2-5-9-19)29(27(34)36-18-21-10-6-3-7-11-21)28-23(25(31)32)16-20-12-14-22(30)15-13-20/h2-15,23-24,28,30H,16-18H2,1H3,(H,31,32)/t23-,24-/m0/s1. The summed E-state index contributed by atoms with van der Waals surface area (Å²) in [5, 5.41) is 20.3. The second-order valence-electron chi connectivity index (χ2n) is 8.03. The number of nitrogens with one attached hydrogen (secondary N) is 1. The molecule has 0 bridgehead atoms. The summed E-state index contributed by atoms with van der Waals surface area (Å²) in [5.41, 5.74) is 4.75. The van der Waals surface area contributed by atoms with E-state index in [-0.39, 0.29) is 25.2 Å². The van der Waals surface area contributed by atoms with Crippen molar-refractivity contribution >= 4 is 18.0 Å². The number of rotatable bonds is 11. The molecule has 9 nitrogen and oxygen atoms in total. The van der Waals surface area contributed by atoms with Gasteiger partial charge in [0.05, 0.1) is 7.11 Å². The van der Waals surface area contributed by atoms with E-state index >= 15 is 0 Å². The van der Waals surface area contributed by atoms with Gasteiger partial charge in [0.2, 0.25) is 0 Å². The van der Waals surface area contributed by atoms with Crippen LogP contribution in [-0.2, 0) is 38.5 Å². The number of hydrogen-bond acceptors (Lipinski definition) is 7. The Kier molecular flexibility index (Phi) is 9.41. The summed E-state index contributed by atoms with van der Waals surface area (Å²) in [4.78, 5) is 38.1. The van der Waals surface area contributed by atoms with Crippen LogP contribution in [0.2, 0.25) is 0 Å². The zero-order valence-electron chi connectivity index (χ0n) is 19.7. The molecule has 0 aromatic heterocycles. The molecule has 0 saturated carbocycles. The maximum Gasteiger partial charge on any atom is 0.425 e. The third kappa shape index (κ3) is 7.57. The number of nitrogens with zero attached hydrogens (tertiary/aromatic N) is 1. The zero-order chi connectivity index (χ0) is 25.9. The van der Waals surface area contributed by atoms with Gasteiger partial charge in [-0.3, -0.25) is 4.79 Å². The molecular formula is C27H28N2O7. The lowest BCUT2D eigenvalue weighted by Gasteiger charge is -2.32. The normalized spacial score (nSPS) is 12.2. The Bertz CT molecular complexity index is 1140. The summed E-state index contributed by atoms with van der Waals surface area (Å²) < 4.78 is 10.4. The molecule has 0 unspecified atom stereocenters. The van der Waals surface area contributed by atoms with E-state index in [0.717, 1.165) is 16.1 Å². The Hall–Kier alpha value is -4.37. The fourth-order valence-corrected chi connectivity index (χ4v) is 3.54. The van der Waals surface area contributed by atoms with Crippen LogP contribution >= 0.6 is 0 Å². The van der Waals surface area contributed by atoms with Crippen molar-refractivity contribution in [1.29, 1.82) is 0 Å². The number of amides is 1. The number of benzene rings is 3. The van der Waals surface area contributed by atoms with Crippen molar-refractivity contribution in [1.82, 2.24) is 10.4 Å². The number of carbonyl (C=O) groups excluding carboxylic acids is 2. The van der Waals surface area contributed by atoms with E-state index < -0.39 is 30.1 Å². The first-order valence-electron chi connectivity index (χ1n) is 11.3. The van der Waals surface area contributed by atoms with E-state index in [2.05, 4.69) is 5.43 Å². The average molecular weight is 493 g/mol. The number of phenols is 1. The van der Waals surface area contributed by atoms with Gasteiger partial charge in [-0.25, -0.2) is 20.0 Å². The predicted octanol–water partition coefficient (Wildman–Crippen LogP) is 3.32. The number of ether oxygens (including phenoxy) is 2. The number of carbonyl (C=O) groups is 3. The van der Waals surface area contributed by atoms with Crippen LogP contribution in [0.5, 0.6) is 5.75 Å². The van der Waals surface area contributed by atoms with Gasteiger partial charge in [0, 0.05) is 12.8 Å². The number of aromatic hydroxyl groups is 1. The van der Waals surface area contributed by atoms with Crippen molar-refractivity contribution in [2.45, 2.75) is 31.5 Å². The van der Waals surface area contributed by atoms with Crippen molar-refractivity contribution in [2.24, 2.45) is 0 Å². The van der Waals surface area contributed by atoms with Crippen LogP contribution in [0.4, 0.5) is 4.79 Å². The quantitative estimate of drug-likeness (QED) is 0.275. The van der Waals surface area contributed by atoms with Crippen molar-refractivity contribution in [3.05, 3.63) is 102 Å². The number of methoxy groups -OCH3 is 1. The second kappa shape index (κ2) is 12.9. The third-order valence-electron chi connectivity index (χ3n) is 5.43. The van der Waals surface area contributed by atoms with Crippen LogP contribution < -0.4 is 5.43 Å². The first-order chi connectivity index (χ1) is 17.4. The van der Waals surface area contributed by atoms with Crippen molar-refractivity contribution < 1.29 is 34.1 Å². The van der Waals surface area contributed by atoms with Crippen LogP contribution in [0.1, 0.15) is 16.7 Å². The van der Waals surface area contributed by atoms with Crippen molar-refractivity contribution in [3.8, 4) is 5.75 Å². The van der Waals surface area contributed by atoms with Gasteiger partial charge in [0.1, 0.15) is 18.4 Å². The van der Waals surface area contributed by atoms with Gasteiger partial charge in [-0.15, -0.1) is 0 Å². The van der Waals surface area contributed by atoms with E-state index in [0.29, 0.717) is 5.56 Å². The molecule has 3 N–H and O–H groups in total. The lowest BCUT2D eigenvalue weighted by Crippen LogP contribution is -2.59. The summed E-state index contributed by atoms with van der Waals surface area (Å²) in [6, 6.07) is 21.5. The van der Waals surface area contributed by atoms with Gasteiger partial charge in [-0.05, 0) is 28.8 Å². The molecule has 0 heterocycles. The summed E-state index contributed by atoms with van der Waals surface area (Å²) in [6.07, 6.45) is -0.897. The number of hydrogen-bond donors (Lipinski definition) is 3. The SMILES string of the molecule is COC(=O)[C@H](Cc1ccccc1)N(N[C@@H](Cc1ccc(O)cc1)C(=O)O)C(=O)OCc1ccccc1. The fraction of sp³-hybridized carbons (Fsp3) is 0.222. The number of phenolic OH excluding ortho intramolecular Hbond substituents is 1. The molecule has 0 saturated heterocycles. The molecule has 0 aliphatic rings. The topological polar surface area (TPSA) is 125 Å². The summed E-state index contributed by atoms with van der Waals surface area (Å²) in [6.45, 7) is -0.0766. The molecule has 3 aromatic carbocycles. The van der Waals surface area contributed by atoms with E-state index in [9.17, 15) is 24.6 Å². The lowest BCUT2D eigenvalue weighted by atomic mass is 10.0. The highest BCUT2D eigenvalue weighted by Gasteiger charge is 2.35. The molecule has 3 rings (SSSR count). The van der Waals surface area contributed by atoms with Gasteiger partial charge < -0.3 is 19.7 Å². The number of hydrazine groups is 1. The number of aliphatic carboxylic acids is 1. The molecule has 0 aliphatic heterocycles. The van der Waals surface area contributed by atoms with Gasteiger partial charge in [0.25, 0.3) is 0 Å². The predicted molar refractivity (Wildman–Crippen MR) is 131 cm³/mol. The van der Waals surface area contributed by atoms with Gasteiger partial charge in [-0.2, -0.15) is 0 Å². The molecule has 0 fully saturated rings. The fourth-order valence-electron chi connectivity index (χ4n) is 3.54. The lowest BCUT2D eigenvalue weighted by molar-refractivity contribution is -0.150. The van der Waals surface area contributed by atoms with Crippen LogP contribution in [-0.4, -0.2) is 52.4 Å². The summed E-state index contributed by atoms with van der Waals surface area (Å²) >= 11 is 0. The Morgan fingerprint density at radius 2 is 1.39 bits per heavy atom. The number of carboxylic acids is 1. The largest absolute Gasteiger partial charge is 0.508 e. The molecule has 9 heteroatoms. The number of esters is 1. The second-order valence-corrected chi connectivity index (χ2v) is 8.03. The highest BCUT2D eigenvalue weighted by molar-refractivity contribution is 5.82. The molecular weight excluding hydrogens is 464 g/mol. The van der Waals surface area contributed by atoms with Crippen molar-refractivity contribution in [3.63, 3.8) is 0 Å². The molecule has 0 radical (unpaired) electrons. The van der Waals surface area contributed by atoms with Gasteiger partial charge >= 0.3 is 18.0 Å². The van der Waals surface area contributed by atoms with Crippen molar-refractivity contribution in [2.75, 3.05) is 7.11 Å². The number of carboxylic acid groups (broad SMARTS) is 1. The van der Waals surface area contributed by atoms with E-state index in [1.54, 1.807) is 60.7 Å². The van der Waals surface area contributed by atoms with Crippen LogP contribution in [0, 0.1) is 0 Å². The minimum atomic E-state index is -1.29. The highest BCUT2D eigenvalue weighted by Crippen LogP contribution is 2.15. The molecule has 188 valence electrons. The first-order valence-corrected chi connectivity index (χ1v) is 11.3. The van der Waals surface area contributed by atoms with Crippen LogP contribution in [0.15, 0.2) is 84.9 Å². The molecule has 1 amide bonds. The third-order valence-corrected chi connectivity index (χ3v) is 5.43. The van der Waals surface area contributed by atoms with Crippen LogP contribution in [0.3, 0.4) is 0 Å². The Morgan fingerprint density at radius 1 is 0.833 bits per heavy atom. The van der Waals surface area contributed by atoms with Gasteiger partial charge in [-0.1, -0.05) is 72.8 Å². The van der Waals surface area contributed by atoms with E-state index in [4.69, 9.17) is 9.47 Å². The summed E-state index contributed by atoms with van der Waals surface area (Å²) in [7, 11) is 1.19. The maximum absolute atomic E-state index is 13.2. The smallest absolute Gasteiger partial charge is 0.425 e. The molecule has 0 spiro atoms. The average Bonchev–Trinajstić information content (AvgIpc) is 2.90. The molecule has 0 aliphatic carbocycles. The van der Waals surface area contributed by atoms with Gasteiger partial charge in [0.15, 0.2) is 6.04 Å². The molecule has 36 heavy (non-hydrogen) atoms. The zero-order valence-corrected chi connectivity index (χ0v) is 19.7. The van der Waals surface area contributed by atoms with E-state index in [1.807, 2.05) is 12.1 Å². The summed E-state index contributed by atoms with van der Waals surface area (Å²) in [5.74, 6) is -1.94. The minimum Gasteiger partial charge on any atom is -0.508 e. The Balaban J connectivity index is 1.89. The first kappa shape index (κ1) is 26.2. The Morgan fingerprint density at radius 3 is 1.94 bits per heavy atom. The minimum absolute atomic E-state index is 0.0304. The maximum atomic E-state index is 13.2. The monoisotopic (exact) mass is 492 g/mol. The van der Waals surface area contributed by atoms with E-state index in [1.165, 1.54) is 19.2 Å². The van der Waals surface area contributed by atoms with Crippen LogP contribution in [0.25, 0.3) is 0 Å².